The predicted molar refractivity (Wildman–Crippen MR) is 47.6 cm³/mol. The van der Waals surface area contributed by atoms with E-state index in [1.54, 1.807) is 5.38 Å². The molecule has 0 aliphatic heterocycles. The van der Waals surface area contributed by atoms with Gasteiger partial charge in [-0.05, 0) is 0 Å². The lowest BCUT2D eigenvalue weighted by atomic mass is 10.5. The number of nitrogens with zero attached hydrogens (tertiary/aromatic N) is 1. The van der Waals surface area contributed by atoms with Crippen LogP contribution in [0.25, 0.3) is 0 Å². The van der Waals surface area contributed by atoms with Crippen LogP contribution in [-0.2, 0) is 6.54 Å². The number of nitrogens with one attached hydrogen (secondary N) is 2. The molecule has 0 aliphatic rings. The molecule has 6 N–H and O–H groups in total. The largest absolute Gasteiger partial charge is 0.369 e. The minimum Gasteiger partial charge on any atom is -0.369 e. The van der Waals surface area contributed by atoms with Crippen molar-refractivity contribution < 1.29 is 0 Å². The first-order valence-electron chi connectivity index (χ1n) is 3.15. The van der Waals surface area contributed by atoms with Gasteiger partial charge in [-0.2, -0.15) is 0 Å². The van der Waals surface area contributed by atoms with E-state index in [-0.39, 0.29) is 10.8 Å². The normalized spacial score (nSPS) is 11.6. The Morgan fingerprint density at radius 2 is 2.58 bits per heavy atom. The molecule has 6 nitrogen and oxygen atoms in total. The fraction of sp³-hybridized carbons (Fsp3) is 0.200. The quantitative estimate of drug-likeness (QED) is 0.200. The molecule has 0 fully saturated rings. The molecular formula is C5H9N5OS. The second-order valence-electron chi connectivity index (χ2n) is 2.02. The molecule has 0 saturated carbocycles. The number of aliphatic imine (C=N–C) groups is 1. The predicted octanol–water partition coefficient (Wildman–Crippen LogP) is -1.29. The van der Waals surface area contributed by atoms with Crippen LogP contribution in [0.15, 0.2) is 15.2 Å². The van der Waals surface area contributed by atoms with Crippen LogP contribution in [-0.4, -0.2) is 10.9 Å². The van der Waals surface area contributed by atoms with E-state index in [1.165, 1.54) is 0 Å². The number of hydrogen-bond acceptors (Lipinski definition) is 4. The number of thiazole rings is 1. The Bertz CT molecular complexity index is 327. The first-order valence-corrected chi connectivity index (χ1v) is 4.03. The lowest BCUT2D eigenvalue weighted by molar-refractivity contribution is 0.937. The van der Waals surface area contributed by atoms with Crippen molar-refractivity contribution in [3.05, 3.63) is 20.7 Å². The third-order valence-corrected chi connectivity index (χ3v) is 1.86. The van der Waals surface area contributed by atoms with Gasteiger partial charge < -0.3 is 10.7 Å². The highest BCUT2D eigenvalue weighted by molar-refractivity contribution is 7.07. The number of aromatic nitrogens is 1. The Morgan fingerprint density at radius 1 is 1.83 bits per heavy atom. The molecule has 0 aliphatic carbocycles. The van der Waals surface area contributed by atoms with Crippen molar-refractivity contribution >= 4 is 17.3 Å². The summed E-state index contributed by atoms with van der Waals surface area (Å²) in [4.78, 5) is 17.0. The number of H-pyrrole nitrogens is 1. The lowest BCUT2D eigenvalue weighted by Gasteiger charge is -1.95. The van der Waals surface area contributed by atoms with Gasteiger partial charge in [-0.1, -0.05) is 11.3 Å². The average Bonchev–Trinajstić information content (AvgIpc) is 2.47. The highest BCUT2D eigenvalue weighted by Crippen LogP contribution is 1.96. The van der Waals surface area contributed by atoms with Crippen LogP contribution in [0.1, 0.15) is 5.69 Å². The smallest absolute Gasteiger partial charge is 0.304 e. The maximum Gasteiger partial charge on any atom is 0.304 e. The molecule has 1 aromatic rings. The van der Waals surface area contributed by atoms with Crippen LogP contribution in [0.3, 0.4) is 0 Å². The highest BCUT2D eigenvalue weighted by atomic mass is 32.1. The van der Waals surface area contributed by atoms with E-state index >= 15 is 0 Å². The van der Waals surface area contributed by atoms with E-state index in [0.717, 1.165) is 17.0 Å². The molecule has 0 unspecified atom stereocenters. The zero-order chi connectivity index (χ0) is 8.97. The molecule has 0 radical (unpaired) electrons. The van der Waals surface area contributed by atoms with Crippen molar-refractivity contribution in [2.45, 2.75) is 6.54 Å². The summed E-state index contributed by atoms with van der Waals surface area (Å²) >= 11 is 1.09. The van der Waals surface area contributed by atoms with E-state index in [0.29, 0.717) is 6.54 Å². The lowest BCUT2D eigenvalue weighted by Crippen LogP contribution is -2.37. The van der Waals surface area contributed by atoms with Gasteiger partial charge in [0.1, 0.15) is 0 Å². The fourth-order valence-electron chi connectivity index (χ4n) is 0.607. The summed E-state index contributed by atoms with van der Waals surface area (Å²) in [5, 5.41) is 1.69. The SMILES string of the molecule is NNC(N)=NCc1csc(=O)[nH]1. The number of rotatable bonds is 2. The minimum absolute atomic E-state index is 0.0977. The van der Waals surface area contributed by atoms with Gasteiger partial charge in [0.15, 0.2) is 0 Å². The summed E-state index contributed by atoms with van der Waals surface area (Å²) in [7, 11) is 0. The van der Waals surface area contributed by atoms with Crippen LogP contribution in [0.5, 0.6) is 0 Å². The Labute approximate surface area is 72.3 Å². The monoisotopic (exact) mass is 187 g/mol. The Morgan fingerprint density at radius 3 is 3.08 bits per heavy atom. The number of aromatic amines is 1. The van der Waals surface area contributed by atoms with Gasteiger partial charge in [0, 0.05) is 5.38 Å². The molecule has 0 aromatic carbocycles. The van der Waals surface area contributed by atoms with E-state index in [2.05, 4.69) is 15.4 Å². The fourth-order valence-corrected chi connectivity index (χ4v) is 1.18. The van der Waals surface area contributed by atoms with Gasteiger partial charge >= 0.3 is 4.87 Å². The van der Waals surface area contributed by atoms with Crippen molar-refractivity contribution in [3.8, 4) is 0 Å². The topological polar surface area (TPSA) is 109 Å². The molecule has 1 heterocycles. The molecule has 0 atom stereocenters. The van der Waals surface area contributed by atoms with E-state index < -0.39 is 0 Å². The minimum atomic E-state index is -0.0977. The Kier molecular flexibility index (Phi) is 2.83. The summed E-state index contributed by atoms with van der Waals surface area (Å²) in [5.41, 5.74) is 8.16. The van der Waals surface area contributed by atoms with Crippen LogP contribution < -0.4 is 21.9 Å². The zero-order valence-corrected chi connectivity index (χ0v) is 7.02. The van der Waals surface area contributed by atoms with Gasteiger partial charge in [0.05, 0.1) is 12.2 Å². The van der Waals surface area contributed by atoms with Crippen molar-refractivity contribution in [2.24, 2.45) is 16.6 Å². The van der Waals surface area contributed by atoms with Crippen LogP contribution in [0.4, 0.5) is 0 Å². The van der Waals surface area contributed by atoms with E-state index in [4.69, 9.17) is 11.6 Å². The summed E-state index contributed by atoms with van der Waals surface area (Å²) < 4.78 is 0. The van der Waals surface area contributed by atoms with E-state index in [1.807, 2.05) is 0 Å². The second-order valence-corrected chi connectivity index (χ2v) is 2.86. The maximum absolute atomic E-state index is 10.6. The number of hydrogen-bond donors (Lipinski definition) is 4. The van der Waals surface area contributed by atoms with Crippen LogP contribution in [0, 0.1) is 0 Å². The summed E-state index contributed by atoms with van der Waals surface area (Å²) in [6.45, 7) is 0.328. The molecule has 0 amide bonds. The second kappa shape index (κ2) is 3.88. The number of nitrogens with two attached hydrogens (primary N) is 2. The van der Waals surface area contributed by atoms with Gasteiger partial charge in [0.25, 0.3) is 0 Å². The third-order valence-electron chi connectivity index (χ3n) is 1.14. The van der Waals surface area contributed by atoms with Gasteiger partial charge in [-0.3, -0.25) is 10.2 Å². The molecule has 0 bridgehead atoms. The number of hydrazine groups is 1. The molecule has 12 heavy (non-hydrogen) atoms. The van der Waals surface area contributed by atoms with Gasteiger partial charge in [0.2, 0.25) is 5.96 Å². The molecule has 66 valence electrons. The Hall–Kier alpha value is -1.34. The zero-order valence-electron chi connectivity index (χ0n) is 6.20. The highest BCUT2D eigenvalue weighted by Gasteiger charge is 1.94. The van der Waals surface area contributed by atoms with Crippen molar-refractivity contribution in [3.63, 3.8) is 0 Å². The molecule has 0 saturated heterocycles. The number of guanidine groups is 1. The average molecular weight is 187 g/mol. The molecule has 0 spiro atoms. The summed E-state index contributed by atoms with van der Waals surface area (Å²) in [6, 6.07) is 0. The van der Waals surface area contributed by atoms with Crippen molar-refractivity contribution in [1.29, 1.82) is 0 Å². The Balaban J connectivity index is 2.59. The van der Waals surface area contributed by atoms with Gasteiger partial charge in [-0.15, -0.1) is 0 Å². The standard InChI is InChI=1S/C5H9N5OS/c6-4(10-7)8-1-3-2-12-5(11)9-3/h2H,1,7H2,(H,9,11)(H3,6,8,10). The van der Waals surface area contributed by atoms with E-state index in [9.17, 15) is 4.79 Å². The van der Waals surface area contributed by atoms with Crippen molar-refractivity contribution in [1.82, 2.24) is 10.4 Å². The van der Waals surface area contributed by atoms with Crippen molar-refractivity contribution in [2.75, 3.05) is 0 Å². The van der Waals surface area contributed by atoms with Crippen LogP contribution >= 0.6 is 11.3 Å². The van der Waals surface area contributed by atoms with Gasteiger partial charge in [-0.25, -0.2) is 10.8 Å². The first-order chi connectivity index (χ1) is 5.72. The summed E-state index contributed by atoms with van der Waals surface area (Å²) in [5.74, 6) is 5.11. The third kappa shape index (κ3) is 2.36. The van der Waals surface area contributed by atoms with Crippen LogP contribution in [0.2, 0.25) is 0 Å². The summed E-state index contributed by atoms with van der Waals surface area (Å²) in [6.07, 6.45) is 0. The molecule has 7 heteroatoms. The molecule has 1 aromatic heterocycles. The molecular weight excluding hydrogens is 178 g/mol. The maximum atomic E-state index is 10.6. The first kappa shape index (κ1) is 8.75. The molecule has 1 rings (SSSR count).